The zero-order chi connectivity index (χ0) is 14.0. The molecule has 0 aliphatic rings. The minimum absolute atomic E-state index is 0.0141. The lowest BCUT2D eigenvalue weighted by atomic mass is 10.2. The van der Waals surface area contributed by atoms with Crippen LogP contribution in [0.5, 0.6) is 5.75 Å². The Labute approximate surface area is 116 Å². The lowest BCUT2D eigenvalue weighted by Crippen LogP contribution is -2.03. The Bertz CT molecular complexity index is 596. The van der Waals surface area contributed by atoms with E-state index in [-0.39, 0.29) is 28.1 Å². The molecular formula is C13H9BrF3NO. The minimum atomic E-state index is -0.865. The fraction of sp³-hybridized carbons (Fsp3) is 0.0769. The molecule has 2 aromatic rings. The number of rotatable bonds is 3. The van der Waals surface area contributed by atoms with Gasteiger partial charge < -0.3 is 10.5 Å². The Kier molecular flexibility index (Phi) is 3.99. The lowest BCUT2D eigenvalue weighted by Gasteiger charge is -2.10. The van der Waals surface area contributed by atoms with Crippen LogP contribution in [0, 0.1) is 17.5 Å². The first-order chi connectivity index (χ1) is 8.99. The van der Waals surface area contributed by atoms with Gasteiger partial charge in [0.2, 0.25) is 0 Å². The van der Waals surface area contributed by atoms with E-state index in [2.05, 4.69) is 15.9 Å². The average Bonchev–Trinajstić information content (AvgIpc) is 2.33. The summed E-state index contributed by atoms with van der Waals surface area (Å²) in [5, 5.41) is 0. The molecule has 2 N–H and O–H groups in total. The SMILES string of the molecule is Nc1cccc(COc2c(F)cc(F)cc2Br)c1F. The van der Waals surface area contributed by atoms with Crippen LogP contribution >= 0.6 is 15.9 Å². The number of nitrogens with two attached hydrogens (primary N) is 1. The molecule has 0 saturated heterocycles. The maximum atomic E-state index is 13.6. The predicted molar refractivity (Wildman–Crippen MR) is 69.2 cm³/mol. The maximum Gasteiger partial charge on any atom is 0.169 e. The molecule has 0 spiro atoms. The van der Waals surface area contributed by atoms with Crippen molar-refractivity contribution in [1.29, 1.82) is 0 Å². The average molecular weight is 332 g/mol. The second kappa shape index (κ2) is 5.52. The summed E-state index contributed by atoms with van der Waals surface area (Å²) in [6.45, 7) is -0.210. The summed E-state index contributed by atoms with van der Waals surface area (Å²) in [7, 11) is 0. The third kappa shape index (κ3) is 3.01. The van der Waals surface area contributed by atoms with Crippen molar-refractivity contribution in [2.45, 2.75) is 6.61 Å². The van der Waals surface area contributed by atoms with Gasteiger partial charge in [0.1, 0.15) is 12.4 Å². The number of benzene rings is 2. The van der Waals surface area contributed by atoms with E-state index in [4.69, 9.17) is 10.5 Å². The number of halogens is 4. The van der Waals surface area contributed by atoms with E-state index in [1.54, 1.807) is 6.07 Å². The first-order valence-corrected chi connectivity index (χ1v) is 6.08. The van der Waals surface area contributed by atoms with Gasteiger partial charge >= 0.3 is 0 Å². The molecule has 100 valence electrons. The molecule has 19 heavy (non-hydrogen) atoms. The standard InChI is InChI=1S/C13H9BrF3NO/c14-9-4-8(15)5-10(16)13(9)19-6-7-2-1-3-11(18)12(7)17/h1-5H,6,18H2. The molecule has 0 atom stereocenters. The zero-order valence-electron chi connectivity index (χ0n) is 9.59. The van der Waals surface area contributed by atoms with Crippen LogP contribution < -0.4 is 10.5 Å². The largest absolute Gasteiger partial charge is 0.485 e. The normalized spacial score (nSPS) is 10.5. The first kappa shape index (κ1) is 13.7. The predicted octanol–water partition coefficient (Wildman–Crippen LogP) is 4.03. The second-order valence-corrected chi connectivity index (χ2v) is 4.66. The first-order valence-electron chi connectivity index (χ1n) is 5.29. The van der Waals surface area contributed by atoms with Gasteiger partial charge in [-0.15, -0.1) is 0 Å². The van der Waals surface area contributed by atoms with Crippen LogP contribution in [0.4, 0.5) is 18.9 Å². The molecule has 6 heteroatoms. The monoisotopic (exact) mass is 331 g/mol. The number of ether oxygens (including phenoxy) is 1. The quantitative estimate of drug-likeness (QED) is 0.862. The van der Waals surface area contributed by atoms with Crippen LogP contribution in [0.25, 0.3) is 0 Å². The molecule has 0 radical (unpaired) electrons. The van der Waals surface area contributed by atoms with Gasteiger partial charge in [0, 0.05) is 11.6 Å². The second-order valence-electron chi connectivity index (χ2n) is 3.81. The molecule has 2 nitrogen and oxygen atoms in total. The van der Waals surface area contributed by atoms with Gasteiger partial charge in [0.15, 0.2) is 17.4 Å². The van der Waals surface area contributed by atoms with Gasteiger partial charge in [-0.2, -0.15) is 0 Å². The molecule has 0 aliphatic carbocycles. The minimum Gasteiger partial charge on any atom is -0.485 e. The summed E-state index contributed by atoms with van der Waals surface area (Å²) in [5.41, 5.74) is 5.58. The molecule has 0 bridgehead atoms. The van der Waals surface area contributed by atoms with Crippen LogP contribution in [0.3, 0.4) is 0 Å². The van der Waals surface area contributed by atoms with E-state index in [0.29, 0.717) is 6.07 Å². The molecule has 0 fully saturated rings. The number of hydrogen-bond acceptors (Lipinski definition) is 2. The highest BCUT2D eigenvalue weighted by Gasteiger charge is 2.13. The molecule has 2 rings (SSSR count). The van der Waals surface area contributed by atoms with Crippen LogP contribution in [-0.2, 0) is 6.61 Å². The summed E-state index contributed by atoms with van der Waals surface area (Å²) >= 11 is 2.98. The molecule has 0 amide bonds. The summed E-state index contributed by atoms with van der Waals surface area (Å²) in [5.74, 6) is -2.38. The molecule has 0 heterocycles. The Morgan fingerprint density at radius 3 is 2.58 bits per heavy atom. The maximum absolute atomic E-state index is 13.6. The fourth-order valence-electron chi connectivity index (χ4n) is 1.53. The van der Waals surface area contributed by atoms with Crippen molar-refractivity contribution < 1.29 is 17.9 Å². The van der Waals surface area contributed by atoms with Gasteiger partial charge in [-0.25, -0.2) is 13.2 Å². The highest BCUT2D eigenvalue weighted by Crippen LogP contribution is 2.30. The Hall–Kier alpha value is -1.69. The van der Waals surface area contributed by atoms with Crippen molar-refractivity contribution in [3.8, 4) is 5.75 Å². The summed E-state index contributed by atoms with van der Waals surface area (Å²) < 4.78 is 45.2. The van der Waals surface area contributed by atoms with Crippen LogP contribution in [0.1, 0.15) is 5.56 Å². The summed E-state index contributed by atoms with van der Waals surface area (Å²) in [6, 6.07) is 6.20. The third-order valence-electron chi connectivity index (χ3n) is 2.44. The molecule has 2 aromatic carbocycles. The summed E-state index contributed by atoms with van der Waals surface area (Å²) in [4.78, 5) is 0. The summed E-state index contributed by atoms with van der Waals surface area (Å²) in [6.07, 6.45) is 0. The van der Waals surface area contributed by atoms with E-state index in [1.165, 1.54) is 12.1 Å². The Balaban J connectivity index is 2.22. The Morgan fingerprint density at radius 1 is 1.16 bits per heavy atom. The number of nitrogen functional groups attached to an aromatic ring is 1. The van der Waals surface area contributed by atoms with Crippen molar-refractivity contribution in [2.75, 3.05) is 5.73 Å². The topological polar surface area (TPSA) is 35.2 Å². The highest BCUT2D eigenvalue weighted by molar-refractivity contribution is 9.10. The molecule has 0 aliphatic heterocycles. The lowest BCUT2D eigenvalue weighted by molar-refractivity contribution is 0.282. The number of hydrogen-bond donors (Lipinski definition) is 1. The van der Waals surface area contributed by atoms with Crippen molar-refractivity contribution in [2.24, 2.45) is 0 Å². The zero-order valence-corrected chi connectivity index (χ0v) is 11.2. The smallest absolute Gasteiger partial charge is 0.169 e. The third-order valence-corrected chi connectivity index (χ3v) is 3.03. The van der Waals surface area contributed by atoms with Crippen LogP contribution in [0.2, 0.25) is 0 Å². The van der Waals surface area contributed by atoms with E-state index in [9.17, 15) is 13.2 Å². The van der Waals surface area contributed by atoms with E-state index < -0.39 is 17.5 Å². The molecular weight excluding hydrogens is 323 g/mol. The van der Waals surface area contributed by atoms with Crippen LogP contribution in [0.15, 0.2) is 34.8 Å². The van der Waals surface area contributed by atoms with E-state index >= 15 is 0 Å². The fourth-order valence-corrected chi connectivity index (χ4v) is 2.05. The van der Waals surface area contributed by atoms with Crippen molar-refractivity contribution in [3.05, 3.63) is 57.8 Å². The van der Waals surface area contributed by atoms with Gasteiger partial charge in [-0.3, -0.25) is 0 Å². The van der Waals surface area contributed by atoms with E-state index in [1.807, 2.05) is 0 Å². The van der Waals surface area contributed by atoms with Gasteiger partial charge in [0.05, 0.1) is 10.2 Å². The van der Waals surface area contributed by atoms with Gasteiger partial charge in [0.25, 0.3) is 0 Å². The van der Waals surface area contributed by atoms with Gasteiger partial charge in [-0.1, -0.05) is 12.1 Å². The van der Waals surface area contributed by atoms with Crippen molar-refractivity contribution in [1.82, 2.24) is 0 Å². The highest BCUT2D eigenvalue weighted by atomic mass is 79.9. The molecule has 0 unspecified atom stereocenters. The van der Waals surface area contributed by atoms with Crippen molar-refractivity contribution >= 4 is 21.6 Å². The Morgan fingerprint density at radius 2 is 1.89 bits per heavy atom. The van der Waals surface area contributed by atoms with Gasteiger partial charge in [-0.05, 0) is 28.1 Å². The molecule has 0 saturated carbocycles. The van der Waals surface area contributed by atoms with E-state index in [0.717, 1.165) is 6.07 Å². The van der Waals surface area contributed by atoms with Crippen LogP contribution in [-0.4, -0.2) is 0 Å². The number of anilines is 1. The van der Waals surface area contributed by atoms with Crippen molar-refractivity contribution in [3.63, 3.8) is 0 Å². The molecule has 0 aromatic heterocycles.